The second-order valence-corrected chi connectivity index (χ2v) is 7.25. The minimum absolute atomic E-state index is 0.884. The van der Waals surface area contributed by atoms with Gasteiger partial charge in [-0.25, -0.2) is 0 Å². The summed E-state index contributed by atoms with van der Waals surface area (Å²) < 4.78 is 3.20. The molecule has 0 aliphatic rings. The first-order chi connectivity index (χ1) is 4.22. The fourth-order valence-corrected chi connectivity index (χ4v) is 2.81. The number of rotatable bonds is 1. The molecular formula is C5H10IN3. The molecule has 0 aromatic carbocycles. The molecule has 0 bridgehead atoms. The molecule has 0 amide bonds. The Kier molecular flexibility index (Phi) is 2.05. The second-order valence-electron chi connectivity index (χ2n) is 1.97. The number of aryl methyl sites for hydroxylation is 1. The molecule has 0 radical (unpaired) electrons. The SMILES string of the molecule is Cn1cnnc1I(C)C. The van der Waals surface area contributed by atoms with Gasteiger partial charge in [-0.15, -0.1) is 0 Å². The molecule has 0 atom stereocenters. The maximum absolute atomic E-state index is 4.00. The third-order valence-corrected chi connectivity index (χ3v) is 3.90. The summed E-state index contributed by atoms with van der Waals surface area (Å²) in [5.41, 5.74) is 0. The Hall–Kier alpha value is -0.130. The molecule has 1 rings (SSSR count). The Morgan fingerprint density at radius 2 is 2.22 bits per heavy atom. The monoisotopic (exact) mass is 239 g/mol. The Labute approximate surface area is 61.9 Å². The van der Waals surface area contributed by atoms with Crippen LogP contribution < -0.4 is 0 Å². The van der Waals surface area contributed by atoms with Crippen LogP contribution >= 0.6 is 19.8 Å². The molecule has 4 heteroatoms. The summed E-state index contributed by atoms with van der Waals surface area (Å²) in [6, 6.07) is 0. The van der Waals surface area contributed by atoms with Gasteiger partial charge in [0.2, 0.25) is 0 Å². The zero-order valence-electron chi connectivity index (χ0n) is 5.80. The van der Waals surface area contributed by atoms with Crippen LogP contribution in [0, 0.1) is 3.83 Å². The van der Waals surface area contributed by atoms with Crippen molar-refractivity contribution in [3.63, 3.8) is 0 Å². The van der Waals surface area contributed by atoms with Gasteiger partial charge in [0, 0.05) is 0 Å². The van der Waals surface area contributed by atoms with E-state index >= 15 is 0 Å². The Morgan fingerprint density at radius 1 is 1.56 bits per heavy atom. The molecule has 1 heterocycles. The molecule has 0 N–H and O–H groups in total. The standard InChI is InChI=1S/C5H10IN3/c1-6(2)5-8-7-4-9(5)3/h4H,1-3H3. The van der Waals surface area contributed by atoms with Crippen LogP contribution in [0.5, 0.6) is 0 Å². The number of alkyl halides is 2. The average molecular weight is 239 g/mol. The molecule has 1 aromatic rings. The molecule has 52 valence electrons. The van der Waals surface area contributed by atoms with Gasteiger partial charge in [0.15, 0.2) is 0 Å². The number of nitrogens with zero attached hydrogens (tertiary/aromatic N) is 3. The normalized spacial score (nSPS) is 11.7. The van der Waals surface area contributed by atoms with Crippen LogP contribution in [-0.2, 0) is 7.05 Å². The molecule has 0 spiro atoms. The molecule has 0 aliphatic carbocycles. The van der Waals surface area contributed by atoms with Gasteiger partial charge in [-0.1, -0.05) is 0 Å². The molecular weight excluding hydrogens is 229 g/mol. The average Bonchev–Trinajstić information content (AvgIpc) is 2.13. The molecule has 9 heavy (non-hydrogen) atoms. The van der Waals surface area contributed by atoms with Crippen LogP contribution in [0.15, 0.2) is 6.33 Å². The van der Waals surface area contributed by atoms with Crippen molar-refractivity contribution < 1.29 is 0 Å². The van der Waals surface area contributed by atoms with Gasteiger partial charge < -0.3 is 0 Å². The van der Waals surface area contributed by atoms with Gasteiger partial charge in [-0.2, -0.15) is 0 Å². The Balaban J connectivity index is 2.94. The summed E-state index contributed by atoms with van der Waals surface area (Å²) in [6.07, 6.45) is 1.76. The van der Waals surface area contributed by atoms with Gasteiger partial charge >= 0.3 is 61.7 Å². The van der Waals surface area contributed by atoms with Gasteiger partial charge in [0.25, 0.3) is 0 Å². The minimum atomic E-state index is -0.884. The Morgan fingerprint density at radius 3 is 2.44 bits per heavy atom. The van der Waals surface area contributed by atoms with Crippen LogP contribution in [0.4, 0.5) is 0 Å². The molecule has 0 unspecified atom stereocenters. The third-order valence-electron chi connectivity index (χ3n) is 0.994. The molecule has 0 saturated heterocycles. The quantitative estimate of drug-likeness (QED) is 0.534. The van der Waals surface area contributed by atoms with E-state index in [9.17, 15) is 0 Å². The van der Waals surface area contributed by atoms with Gasteiger partial charge in [0.1, 0.15) is 0 Å². The fourth-order valence-electron chi connectivity index (χ4n) is 0.611. The zero-order valence-corrected chi connectivity index (χ0v) is 7.95. The fraction of sp³-hybridized carbons (Fsp3) is 0.600. The van der Waals surface area contributed by atoms with Crippen molar-refractivity contribution in [1.82, 2.24) is 14.8 Å². The van der Waals surface area contributed by atoms with Crippen molar-refractivity contribution in [1.29, 1.82) is 0 Å². The number of halogens is 1. The van der Waals surface area contributed by atoms with Crippen LogP contribution in [0.3, 0.4) is 0 Å². The molecule has 0 aliphatic heterocycles. The van der Waals surface area contributed by atoms with Gasteiger partial charge in [0.05, 0.1) is 0 Å². The van der Waals surface area contributed by atoms with Crippen molar-refractivity contribution >= 4 is 19.8 Å². The van der Waals surface area contributed by atoms with Gasteiger partial charge in [-0.3, -0.25) is 0 Å². The predicted octanol–water partition coefficient (Wildman–Crippen LogP) is 0.751. The first-order valence-electron chi connectivity index (χ1n) is 2.56. The summed E-state index contributed by atoms with van der Waals surface area (Å²) in [5.74, 6) is 0. The van der Waals surface area contributed by atoms with Crippen molar-refractivity contribution in [2.75, 3.05) is 9.86 Å². The first kappa shape index (κ1) is 6.98. The number of aromatic nitrogens is 3. The van der Waals surface area contributed by atoms with E-state index in [1.165, 1.54) is 3.83 Å². The van der Waals surface area contributed by atoms with Crippen molar-refractivity contribution in [3.05, 3.63) is 10.2 Å². The summed E-state index contributed by atoms with van der Waals surface area (Å²) >= 11 is -0.884. The molecule has 3 nitrogen and oxygen atoms in total. The van der Waals surface area contributed by atoms with Crippen LogP contribution in [0.25, 0.3) is 0 Å². The van der Waals surface area contributed by atoms with E-state index in [0.29, 0.717) is 0 Å². The van der Waals surface area contributed by atoms with E-state index in [1.54, 1.807) is 6.33 Å². The first-order valence-corrected chi connectivity index (χ1v) is 7.95. The van der Waals surface area contributed by atoms with Crippen LogP contribution in [0.2, 0.25) is 0 Å². The second kappa shape index (κ2) is 2.64. The molecule has 1 aromatic heterocycles. The number of hydrogen-bond acceptors (Lipinski definition) is 2. The third kappa shape index (κ3) is 1.41. The topological polar surface area (TPSA) is 30.7 Å². The van der Waals surface area contributed by atoms with Crippen molar-refractivity contribution in [2.24, 2.45) is 7.05 Å². The summed E-state index contributed by atoms with van der Waals surface area (Å²) in [5, 5.41) is 7.79. The van der Waals surface area contributed by atoms with Crippen molar-refractivity contribution in [3.8, 4) is 0 Å². The maximum atomic E-state index is 4.00. The van der Waals surface area contributed by atoms with E-state index in [0.717, 1.165) is 0 Å². The van der Waals surface area contributed by atoms with E-state index in [1.807, 2.05) is 11.6 Å². The van der Waals surface area contributed by atoms with Crippen LogP contribution in [-0.4, -0.2) is 24.6 Å². The number of hydrogen-bond donors (Lipinski definition) is 0. The van der Waals surface area contributed by atoms with Gasteiger partial charge in [-0.05, 0) is 0 Å². The van der Waals surface area contributed by atoms with E-state index in [-0.39, 0.29) is 0 Å². The summed E-state index contributed by atoms with van der Waals surface area (Å²) in [7, 11) is 1.99. The summed E-state index contributed by atoms with van der Waals surface area (Å²) in [4.78, 5) is 4.52. The Bertz CT molecular complexity index is 194. The predicted molar refractivity (Wildman–Crippen MR) is 45.6 cm³/mol. The van der Waals surface area contributed by atoms with E-state index in [2.05, 4.69) is 20.1 Å². The van der Waals surface area contributed by atoms with E-state index in [4.69, 9.17) is 0 Å². The van der Waals surface area contributed by atoms with Crippen LogP contribution in [0.1, 0.15) is 0 Å². The molecule has 0 saturated carbocycles. The van der Waals surface area contributed by atoms with E-state index < -0.39 is 19.8 Å². The molecule has 0 fully saturated rings. The van der Waals surface area contributed by atoms with Crippen molar-refractivity contribution in [2.45, 2.75) is 0 Å². The summed E-state index contributed by atoms with van der Waals surface area (Å²) in [6.45, 7) is 0. The zero-order chi connectivity index (χ0) is 6.85.